The van der Waals surface area contributed by atoms with Crippen LogP contribution in [0.2, 0.25) is 0 Å². The van der Waals surface area contributed by atoms with Gasteiger partial charge in [-0.05, 0) is 31.1 Å². The minimum Gasteiger partial charge on any atom is -0.512 e. The van der Waals surface area contributed by atoms with Gasteiger partial charge in [-0.3, -0.25) is 0 Å². The maximum absolute atomic E-state index is 11.7. The van der Waals surface area contributed by atoms with Crippen LogP contribution >= 0.6 is 0 Å². The number of aliphatic hydroxyl groups excluding tert-OH is 1. The van der Waals surface area contributed by atoms with E-state index in [9.17, 15) is 9.90 Å². The van der Waals surface area contributed by atoms with E-state index < -0.39 is 0 Å². The number of carbonyl (C=O) groups is 1. The summed E-state index contributed by atoms with van der Waals surface area (Å²) >= 11 is 0. The second kappa shape index (κ2) is 3.87. The molecule has 2 rings (SSSR count). The van der Waals surface area contributed by atoms with Crippen molar-refractivity contribution in [3.05, 3.63) is 11.3 Å². The van der Waals surface area contributed by atoms with E-state index in [4.69, 9.17) is 4.74 Å². The highest BCUT2D eigenvalue weighted by Gasteiger charge is 2.38. The Bertz CT molecular complexity index is 304. The van der Waals surface area contributed by atoms with Crippen LogP contribution in [-0.2, 0) is 9.53 Å². The van der Waals surface area contributed by atoms with E-state index in [0.29, 0.717) is 17.9 Å². The van der Waals surface area contributed by atoms with Gasteiger partial charge < -0.3 is 9.84 Å². The Morgan fingerprint density at radius 3 is 2.87 bits per heavy atom. The number of fused-ring (bicyclic) bond motifs is 1. The van der Waals surface area contributed by atoms with Gasteiger partial charge in [-0.15, -0.1) is 0 Å². The first-order chi connectivity index (χ1) is 7.09. The second-order valence-corrected chi connectivity index (χ2v) is 4.87. The fourth-order valence-electron chi connectivity index (χ4n) is 2.49. The zero-order valence-corrected chi connectivity index (χ0v) is 9.32. The quantitative estimate of drug-likeness (QED) is 0.676. The van der Waals surface area contributed by atoms with Gasteiger partial charge in [-0.1, -0.05) is 13.8 Å². The van der Waals surface area contributed by atoms with Crippen molar-refractivity contribution in [3.63, 3.8) is 0 Å². The fourth-order valence-corrected chi connectivity index (χ4v) is 2.49. The molecule has 1 heterocycles. The summed E-state index contributed by atoms with van der Waals surface area (Å²) in [5.74, 6) is 0.563. The lowest BCUT2D eigenvalue weighted by Crippen LogP contribution is -2.37. The summed E-state index contributed by atoms with van der Waals surface area (Å²) in [5.41, 5.74) is 0.554. The molecular weight excluding hydrogens is 192 g/mol. The van der Waals surface area contributed by atoms with Crippen molar-refractivity contribution in [3.8, 4) is 0 Å². The average Bonchev–Trinajstić information content (AvgIpc) is 2.17. The number of aliphatic hydroxyl groups is 1. The summed E-state index contributed by atoms with van der Waals surface area (Å²) in [6, 6.07) is 0. The molecule has 0 aromatic rings. The van der Waals surface area contributed by atoms with Crippen molar-refractivity contribution in [2.75, 3.05) is 0 Å². The number of rotatable bonds is 1. The Morgan fingerprint density at radius 1 is 1.47 bits per heavy atom. The van der Waals surface area contributed by atoms with Crippen molar-refractivity contribution in [1.82, 2.24) is 0 Å². The lowest BCUT2D eigenvalue weighted by molar-refractivity contribution is -0.153. The number of hydrogen-bond donors (Lipinski definition) is 1. The Kier molecular flexibility index (Phi) is 2.72. The van der Waals surface area contributed by atoms with Gasteiger partial charge >= 0.3 is 5.97 Å². The van der Waals surface area contributed by atoms with Crippen LogP contribution in [0.3, 0.4) is 0 Å². The third-order valence-electron chi connectivity index (χ3n) is 3.42. The zero-order valence-electron chi connectivity index (χ0n) is 9.32. The van der Waals surface area contributed by atoms with E-state index in [0.717, 1.165) is 19.3 Å². The zero-order chi connectivity index (χ0) is 11.0. The molecule has 3 nitrogen and oxygen atoms in total. The highest BCUT2D eigenvalue weighted by Crippen LogP contribution is 2.38. The van der Waals surface area contributed by atoms with Gasteiger partial charge in [0.2, 0.25) is 0 Å². The molecule has 3 heteroatoms. The smallest absolute Gasteiger partial charge is 0.337 e. The molecule has 0 bridgehead atoms. The molecule has 1 saturated heterocycles. The number of hydrogen-bond acceptors (Lipinski definition) is 3. The van der Waals surface area contributed by atoms with Crippen molar-refractivity contribution in [2.24, 2.45) is 11.8 Å². The minimum absolute atomic E-state index is 0.0251. The molecule has 15 heavy (non-hydrogen) atoms. The highest BCUT2D eigenvalue weighted by molar-refractivity contribution is 5.90. The van der Waals surface area contributed by atoms with Crippen molar-refractivity contribution in [1.29, 1.82) is 0 Å². The van der Waals surface area contributed by atoms with Gasteiger partial charge in [0, 0.05) is 6.42 Å². The van der Waals surface area contributed by atoms with Crippen molar-refractivity contribution < 1.29 is 14.6 Å². The standard InChI is InChI=1S/C12H18O3/c1-7(2)10-6-8-4-3-5-9(13)11(8)12(14)15-10/h7-8,10,13H,3-6H2,1-2H3/t8-,10-/m1/s1. The third kappa shape index (κ3) is 1.87. The van der Waals surface area contributed by atoms with Crippen molar-refractivity contribution >= 4 is 5.97 Å². The normalized spacial score (nSPS) is 31.5. The summed E-state index contributed by atoms with van der Waals surface area (Å²) < 4.78 is 5.33. The molecule has 0 spiro atoms. The van der Waals surface area contributed by atoms with E-state index in [1.165, 1.54) is 0 Å². The summed E-state index contributed by atoms with van der Waals surface area (Å²) in [5, 5.41) is 9.68. The number of allylic oxidation sites excluding steroid dienone is 1. The lowest BCUT2D eigenvalue weighted by Gasteiger charge is -2.35. The second-order valence-electron chi connectivity index (χ2n) is 4.87. The topological polar surface area (TPSA) is 46.5 Å². The van der Waals surface area contributed by atoms with Crippen LogP contribution in [0.1, 0.15) is 39.5 Å². The minimum atomic E-state index is -0.290. The van der Waals surface area contributed by atoms with E-state index in [2.05, 4.69) is 13.8 Å². The van der Waals surface area contributed by atoms with Gasteiger partial charge in [0.1, 0.15) is 11.9 Å². The van der Waals surface area contributed by atoms with Gasteiger partial charge in [0.05, 0.1) is 5.57 Å². The van der Waals surface area contributed by atoms with Crippen molar-refractivity contribution in [2.45, 2.75) is 45.6 Å². The van der Waals surface area contributed by atoms with Crippen LogP contribution in [0.5, 0.6) is 0 Å². The van der Waals surface area contributed by atoms with Crippen LogP contribution in [0.4, 0.5) is 0 Å². The molecule has 0 aromatic heterocycles. The molecule has 0 radical (unpaired) electrons. The van der Waals surface area contributed by atoms with E-state index in [1.807, 2.05) is 0 Å². The average molecular weight is 210 g/mol. The molecule has 0 amide bonds. The number of cyclic esters (lactones) is 1. The molecule has 1 aliphatic heterocycles. The highest BCUT2D eigenvalue weighted by atomic mass is 16.5. The summed E-state index contributed by atoms with van der Waals surface area (Å²) in [6.07, 6.45) is 3.53. The van der Waals surface area contributed by atoms with Crippen LogP contribution in [-0.4, -0.2) is 17.2 Å². The third-order valence-corrected chi connectivity index (χ3v) is 3.42. The van der Waals surface area contributed by atoms with Gasteiger partial charge in [-0.2, -0.15) is 0 Å². The number of esters is 1. The van der Waals surface area contributed by atoms with Crippen LogP contribution < -0.4 is 0 Å². The Balaban J connectivity index is 2.22. The maximum Gasteiger partial charge on any atom is 0.337 e. The predicted molar refractivity (Wildman–Crippen MR) is 56.3 cm³/mol. The molecule has 0 unspecified atom stereocenters. The van der Waals surface area contributed by atoms with E-state index >= 15 is 0 Å². The molecular formula is C12H18O3. The van der Waals surface area contributed by atoms with E-state index in [1.54, 1.807) is 0 Å². The summed E-state index contributed by atoms with van der Waals surface area (Å²) in [4.78, 5) is 11.7. The maximum atomic E-state index is 11.7. The van der Waals surface area contributed by atoms with Gasteiger partial charge in [-0.25, -0.2) is 4.79 Å². The van der Waals surface area contributed by atoms with E-state index in [-0.39, 0.29) is 23.8 Å². The monoisotopic (exact) mass is 210 g/mol. The van der Waals surface area contributed by atoms with Gasteiger partial charge in [0.25, 0.3) is 0 Å². The number of carbonyl (C=O) groups excluding carboxylic acids is 1. The Hall–Kier alpha value is -0.990. The summed E-state index contributed by atoms with van der Waals surface area (Å²) in [7, 11) is 0. The molecule has 1 N–H and O–H groups in total. The Labute approximate surface area is 90.1 Å². The predicted octanol–water partition coefficient (Wildman–Crippen LogP) is 2.57. The molecule has 1 aliphatic carbocycles. The van der Waals surface area contributed by atoms with Crippen LogP contribution in [0.15, 0.2) is 11.3 Å². The van der Waals surface area contributed by atoms with Gasteiger partial charge in [0.15, 0.2) is 0 Å². The molecule has 2 atom stereocenters. The first-order valence-corrected chi connectivity index (χ1v) is 5.72. The first-order valence-electron chi connectivity index (χ1n) is 5.72. The first kappa shape index (κ1) is 10.5. The molecule has 0 saturated carbocycles. The van der Waals surface area contributed by atoms with Crippen LogP contribution in [0, 0.1) is 11.8 Å². The molecule has 2 aliphatic rings. The Morgan fingerprint density at radius 2 is 2.20 bits per heavy atom. The molecule has 0 aromatic carbocycles. The summed E-state index contributed by atoms with van der Waals surface area (Å²) in [6.45, 7) is 4.13. The largest absolute Gasteiger partial charge is 0.512 e. The van der Waals surface area contributed by atoms with Crippen LogP contribution in [0.25, 0.3) is 0 Å². The fraction of sp³-hybridized carbons (Fsp3) is 0.750. The lowest BCUT2D eigenvalue weighted by atomic mass is 9.79. The number of ether oxygens (including phenoxy) is 1. The molecule has 84 valence electrons. The molecule has 1 fully saturated rings. The SMILES string of the molecule is CC(C)[C@H]1C[C@H]2CCCC(O)=C2C(=O)O1.